The van der Waals surface area contributed by atoms with Gasteiger partial charge in [0.25, 0.3) is 11.8 Å². The van der Waals surface area contributed by atoms with Crippen molar-refractivity contribution < 1.29 is 9.59 Å². The molecule has 1 aromatic carbocycles. The molecule has 1 aliphatic rings. The monoisotopic (exact) mass is 183 g/mol. The zero-order chi connectivity index (χ0) is 10.1. The van der Waals surface area contributed by atoms with E-state index in [0.717, 1.165) is 11.0 Å². The number of carbonyl (C=O) groups excluding carboxylic acids is 2. The maximum absolute atomic E-state index is 11.4. The summed E-state index contributed by atoms with van der Waals surface area (Å²) in [6, 6.07) is 8.69. The first-order valence-electron chi connectivity index (χ1n) is 4.11. The molecule has 0 unspecified atom stereocenters. The van der Waals surface area contributed by atoms with Crippen LogP contribution < -0.4 is 4.90 Å². The Hall–Kier alpha value is -1.84. The molecule has 0 saturated heterocycles. The number of anilines is 1. The Labute approximate surface area is 82.4 Å². The Morgan fingerprint density at radius 1 is 1.07 bits per heavy atom. The first-order valence-corrected chi connectivity index (χ1v) is 4.11. The van der Waals surface area contributed by atoms with Crippen molar-refractivity contribution in [3.63, 3.8) is 0 Å². The summed E-state index contributed by atoms with van der Waals surface area (Å²) in [6.45, 7) is 0. The lowest BCUT2D eigenvalue weighted by molar-refractivity contribution is -0.120. The highest BCUT2D eigenvalue weighted by molar-refractivity contribution is 6.47. The number of benzene rings is 1. The summed E-state index contributed by atoms with van der Waals surface area (Å²) in [5, 5.41) is 0. The van der Waals surface area contributed by atoms with E-state index in [1.165, 1.54) is 0 Å². The van der Waals surface area contributed by atoms with Crippen LogP contribution in [-0.4, -0.2) is 19.7 Å². The fourth-order valence-corrected chi connectivity index (χ4v) is 1.31. The van der Waals surface area contributed by atoms with Gasteiger partial charge in [-0.1, -0.05) is 18.2 Å². The maximum Gasteiger partial charge on any atom is 0.257 e. The summed E-state index contributed by atoms with van der Waals surface area (Å²) in [5.74, 6) is -0.847. The molecule has 0 fully saturated rings. The van der Waals surface area contributed by atoms with Crippen LogP contribution in [0.25, 0.3) is 0 Å². The van der Waals surface area contributed by atoms with Gasteiger partial charge in [0.1, 0.15) is 7.85 Å². The van der Waals surface area contributed by atoms with Gasteiger partial charge >= 0.3 is 0 Å². The summed E-state index contributed by atoms with van der Waals surface area (Å²) in [7, 11) is 5.35. The molecule has 14 heavy (non-hydrogen) atoms. The van der Waals surface area contributed by atoms with Gasteiger partial charge in [-0.15, -0.1) is 0 Å². The minimum Gasteiger partial charge on any atom is -0.270 e. The molecule has 2 radical (unpaired) electrons. The number of para-hydroxylation sites is 1. The van der Waals surface area contributed by atoms with Crippen LogP contribution in [0.15, 0.2) is 41.9 Å². The first-order chi connectivity index (χ1) is 6.70. The molecule has 66 valence electrons. The lowest BCUT2D eigenvalue weighted by Crippen LogP contribution is -2.30. The largest absolute Gasteiger partial charge is 0.270 e. The Kier molecular flexibility index (Phi) is 1.96. The highest BCUT2D eigenvalue weighted by atomic mass is 16.2. The second kappa shape index (κ2) is 3.14. The molecule has 0 aliphatic carbocycles. The van der Waals surface area contributed by atoms with Crippen LogP contribution in [0.4, 0.5) is 5.69 Å². The molecular weight excluding hydrogens is 177 g/mol. The molecule has 3 nitrogen and oxygen atoms in total. The van der Waals surface area contributed by atoms with Gasteiger partial charge in [0, 0.05) is 6.08 Å². The van der Waals surface area contributed by atoms with Crippen molar-refractivity contribution in [1.29, 1.82) is 0 Å². The lowest BCUT2D eigenvalue weighted by atomic mass is 9.96. The van der Waals surface area contributed by atoms with Crippen molar-refractivity contribution in [2.75, 3.05) is 4.90 Å². The quantitative estimate of drug-likeness (QED) is 0.472. The number of amides is 2. The van der Waals surface area contributed by atoms with Gasteiger partial charge in [0.05, 0.1) is 5.69 Å². The van der Waals surface area contributed by atoms with Gasteiger partial charge in [0.15, 0.2) is 0 Å². The average molecular weight is 183 g/mol. The first kappa shape index (κ1) is 8.75. The predicted octanol–water partition coefficient (Wildman–Crippen LogP) is 0.612. The summed E-state index contributed by atoms with van der Waals surface area (Å²) >= 11 is 0. The summed E-state index contributed by atoms with van der Waals surface area (Å²) in [5.41, 5.74) is 0.526. The molecular formula is C10H6BNO2. The minimum atomic E-state index is -0.457. The van der Waals surface area contributed by atoms with E-state index in [4.69, 9.17) is 7.85 Å². The van der Waals surface area contributed by atoms with Crippen molar-refractivity contribution in [2.24, 2.45) is 0 Å². The summed E-state index contributed by atoms with van der Waals surface area (Å²) in [4.78, 5) is 23.8. The number of carbonyl (C=O) groups is 2. The third-order valence-electron chi connectivity index (χ3n) is 1.96. The van der Waals surface area contributed by atoms with E-state index in [9.17, 15) is 9.59 Å². The highest BCUT2D eigenvalue weighted by Crippen LogP contribution is 2.20. The molecule has 4 heteroatoms. The van der Waals surface area contributed by atoms with Gasteiger partial charge in [-0.05, 0) is 17.6 Å². The highest BCUT2D eigenvalue weighted by Gasteiger charge is 2.28. The van der Waals surface area contributed by atoms with E-state index >= 15 is 0 Å². The molecule has 0 bridgehead atoms. The number of nitrogens with zero attached hydrogens (tertiary/aromatic N) is 1. The Balaban J connectivity index is 2.39. The van der Waals surface area contributed by atoms with Crippen molar-refractivity contribution in [3.8, 4) is 0 Å². The van der Waals surface area contributed by atoms with Crippen molar-refractivity contribution in [2.45, 2.75) is 0 Å². The fraction of sp³-hybridized carbons (Fsp3) is 0. The number of rotatable bonds is 1. The van der Waals surface area contributed by atoms with Crippen molar-refractivity contribution >= 4 is 25.3 Å². The topological polar surface area (TPSA) is 37.4 Å². The van der Waals surface area contributed by atoms with E-state index in [0.29, 0.717) is 5.69 Å². The second-order valence-electron chi connectivity index (χ2n) is 2.91. The summed E-state index contributed by atoms with van der Waals surface area (Å²) < 4.78 is 0. The van der Waals surface area contributed by atoms with Gasteiger partial charge in [0.2, 0.25) is 0 Å². The molecule has 0 spiro atoms. The Morgan fingerprint density at radius 3 is 2.21 bits per heavy atom. The standard InChI is InChI=1S/C10H6BNO2/c11-8-6-9(13)12(10(8)14)7-4-2-1-3-5-7/h1-6H. The molecule has 0 atom stereocenters. The zero-order valence-electron chi connectivity index (χ0n) is 7.31. The third-order valence-corrected chi connectivity index (χ3v) is 1.96. The number of hydrogen-bond acceptors (Lipinski definition) is 2. The lowest BCUT2D eigenvalue weighted by Gasteiger charge is -2.13. The van der Waals surface area contributed by atoms with E-state index in [1.54, 1.807) is 24.3 Å². The number of hydrogen-bond donors (Lipinski definition) is 0. The van der Waals surface area contributed by atoms with Gasteiger partial charge in [-0.25, -0.2) is 4.90 Å². The molecule has 0 saturated carbocycles. The minimum absolute atomic E-state index is 0.0150. The SMILES string of the molecule is [B]C1=CC(=O)N(c2ccccc2)C1=O. The van der Waals surface area contributed by atoms with Crippen LogP contribution in [-0.2, 0) is 9.59 Å². The van der Waals surface area contributed by atoms with E-state index in [2.05, 4.69) is 0 Å². The molecule has 1 aromatic rings. The Morgan fingerprint density at radius 2 is 1.71 bits per heavy atom. The normalized spacial score (nSPS) is 16.0. The van der Waals surface area contributed by atoms with Crippen LogP contribution in [0.5, 0.6) is 0 Å². The molecule has 1 aliphatic heterocycles. The smallest absolute Gasteiger partial charge is 0.257 e. The average Bonchev–Trinajstić information content (AvgIpc) is 2.43. The number of imide groups is 1. The molecule has 0 N–H and O–H groups in total. The Bertz CT molecular complexity index is 425. The molecule has 1 heterocycles. The molecule has 2 rings (SSSR count). The summed E-state index contributed by atoms with van der Waals surface area (Å²) in [6.07, 6.45) is 1.13. The van der Waals surface area contributed by atoms with Crippen LogP contribution in [0.2, 0.25) is 0 Å². The second-order valence-corrected chi connectivity index (χ2v) is 2.91. The van der Waals surface area contributed by atoms with E-state index < -0.39 is 11.8 Å². The fourth-order valence-electron chi connectivity index (χ4n) is 1.31. The van der Waals surface area contributed by atoms with Crippen LogP contribution in [0.3, 0.4) is 0 Å². The van der Waals surface area contributed by atoms with Gasteiger partial charge in [-0.2, -0.15) is 0 Å². The van der Waals surface area contributed by atoms with E-state index in [-0.39, 0.29) is 5.47 Å². The molecule has 0 aromatic heterocycles. The van der Waals surface area contributed by atoms with Crippen LogP contribution in [0.1, 0.15) is 0 Å². The van der Waals surface area contributed by atoms with E-state index in [1.807, 2.05) is 6.07 Å². The predicted molar refractivity (Wildman–Crippen MR) is 52.8 cm³/mol. The zero-order valence-corrected chi connectivity index (χ0v) is 7.31. The van der Waals surface area contributed by atoms with Gasteiger partial charge < -0.3 is 0 Å². The maximum atomic E-state index is 11.4. The molecule has 2 amide bonds. The van der Waals surface area contributed by atoms with Crippen molar-refractivity contribution in [1.82, 2.24) is 0 Å². The third kappa shape index (κ3) is 1.25. The van der Waals surface area contributed by atoms with Crippen LogP contribution >= 0.6 is 0 Å². The van der Waals surface area contributed by atoms with Crippen molar-refractivity contribution in [3.05, 3.63) is 41.9 Å². The van der Waals surface area contributed by atoms with Gasteiger partial charge in [-0.3, -0.25) is 9.59 Å². The van der Waals surface area contributed by atoms with Crippen LogP contribution in [0, 0.1) is 0 Å².